The van der Waals surface area contributed by atoms with E-state index in [0.29, 0.717) is 22.4 Å². The Labute approximate surface area is 165 Å². The molecule has 3 heterocycles. The van der Waals surface area contributed by atoms with Gasteiger partial charge in [0, 0.05) is 35.6 Å². The maximum absolute atomic E-state index is 12.9. The highest BCUT2D eigenvalue weighted by molar-refractivity contribution is 9.10. The SMILES string of the molecule is CN1CC(C(=O)Nc2cnc(Br)cn2)C[C@@H]2c3cccc4[nH]cc(c34)C[C@H]21. The summed E-state index contributed by atoms with van der Waals surface area (Å²) in [7, 11) is 2.13. The summed E-state index contributed by atoms with van der Waals surface area (Å²) in [5, 5.41) is 4.28. The van der Waals surface area contributed by atoms with E-state index in [1.807, 2.05) is 0 Å². The van der Waals surface area contributed by atoms with Gasteiger partial charge in [0.2, 0.25) is 5.91 Å². The number of rotatable bonds is 2. The molecule has 138 valence electrons. The van der Waals surface area contributed by atoms with Crippen molar-refractivity contribution in [1.29, 1.82) is 0 Å². The zero-order valence-electron chi connectivity index (χ0n) is 14.9. The molecule has 1 aliphatic carbocycles. The highest BCUT2D eigenvalue weighted by atomic mass is 79.9. The average Bonchev–Trinajstić information content (AvgIpc) is 3.09. The maximum atomic E-state index is 12.9. The van der Waals surface area contributed by atoms with Crippen LogP contribution in [0.15, 0.2) is 41.4 Å². The van der Waals surface area contributed by atoms with Gasteiger partial charge in [-0.3, -0.25) is 4.79 Å². The zero-order valence-corrected chi connectivity index (χ0v) is 16.5. The Kier molecular flexibility index (Phi) is 4.02. The molecule has 7 heteroatoms. The zero-order chi connectivity index (χ0) is 18.5. The van der Waals surface area contributed by atoms with Crippen molar-refractivity contribution in [3.8, 4) is 0 Å². The van der Waals surface area contributed by atoms with Crippen LogP contribution in [0.25, 0.3) is 10.9 Å². The van der Waals surface area contributed by atoms with Gasteiger partial charge in [0.15, 0.2) is 5.82 Å². The Bertz CT molecular complexity index is 1010. The molecule has 2 aromatic heterocycles. The van der Waals surface area contributed by atoms with E-state index in [-0.39, 0.29) is 11.8 Å². The molecule has 0 radical (unpaired) electrons. The number of fused-ring (bicyclic) bond motifs is 2. The molecule has 3 aromatic rings. The van der Waals surface area contributed by atoms with E-state index in [9.17, 15) is 4.79 Å². The topological polar surface area (TPSA) is 73.9 Å². The van der Waals surface area contributed by atoms with E-state index in [4.69, 9.17) is 0 Å². The third kappa shape index (κ3) is 2.85. The number of H-pyrrole nitrogens is 1. The van der Waals surface area contributed by atoms with Crippen molar-refractivity contribution in [2.45, 2.75) is 24.8 Å². The molecule has 3 atom stereocenters. The van der Waals surface area contributed by atoms with Crippen molar-refractivity contribution >= 4 is 38.6 Å². The number of piperidine rings is 1. The number of halogens is 1. The number of hydrogen-bond acceptors (Lipinski definition) is 4. The Balaban J connectivity index is 1.42. The molecule has 1 fully saturated rings. The second-order valence-electron chi connectivity index (χ2n) is 7.55. The van der Waals surface area contributed by atoms with Crippen molar-refractivity contribution in [3.05, 3.63) is 52.5 Å². The van der Waals surface area contributed by atoms with Gasteiger partial charge in [-0.1, -0.05) is 12.1 Å². The molecule has 1 aromatic carbocycles. The largest absolute Gasteiger partial charge is 0.361 e. The van der Waals surface area contributed by atoms with Crippen molar-refractivity contribution in [3.63, 3.8) is 0 Å². The van der Waals surface area contributed by atoms with Crippen LogP contribution >= 0.6 is 15.9 Å². The Hall–Kier alpha value is -2.25. The van der Waals surface area contributed by atoms with Crippen molar-refractivity contribution in [2.24, 2.45) is 5.92 Å². The monoisotopic (exact) mass is 425 g/mol. The van der Waals surface area contributed by atoms with E-state index in [2.05, 4.69) is 72.5 Å². The molecule has 1 unspecified atom stereocenters. The molecule has 0 spiro atoms. The Morgan fingerprint density at radius 1 is 1.33 bits per heavy atom. The van der Waals surface area contributed by atoms with Crippen LogP contribution in [0.2, 0.25) is 0 Å². The molecule has 0 saturated carbocycles. The normalized spacial score (nSPS) is 24.6. The molecule has 27 heavy (non-hydrogen) atoms. The van der Waals surface area contributed by atoms with Crippen LogP contribution in [0, 0.1) is 5.92 Å². The number of amides is 1. The number of aromatic nitrogens is 3. The van der Waals surface area contributed by atoms with Gasteiger partial charge in [0.25, 0.3) is 0 Å². The molecular weight excluding hydrogens is 406 g/mol. The molecule has 0 bridgehead atoms. The average molecular weight is 426 g/mol. The van der Waals surface area contributed by atoms with Crippen molar-refractivity contribution in [1.82, 2.24) is 19.9 Å². The number of likely N-dealkylation sites (tertiary alicyclic amines) is 1. The molecule has 1 amide bonds. The van der Waals surface area contributed by atoms with E-state index >= 15 is 0 Å². The summed E-state index contributed by atoms with van der Waals surface area (Å²) < 4.78 is 0.651. The number of carbonyl (C=O) groups is 1. The van der Waals surface area contributed by atoms with Gasteiger partial charge in [-0.2, -0.15) is 0 Å². The number of carbonyl (C=O) groups excluding carboxylic acids is 1. The minimum atomic E-state index is -0.0718. The summed E-state index contributed by atoms with van der Waals surface area (Å²) in [4.78, 5) is 27.0. The fourth-order valence-corrected chi connectivity index (χ4v) is 4.94. The Morgan fingerprint density at radius 2 is 2.22 bits per heavy atom. The highest BCUT2D eigenvalue weighted by Gasteiger charge is 2.41. The second-order valence-corrected chi connectivity index (χ2v) is 8.36. The number of likely N-dealkylation sites (N-methyl/N-ethyl adjacent to an activating group) is 1. The van der Waals surface area contributed by atoms with Crippen LogP contribution < -0.4 is 5.32 Å². The van der Waals surface area contributed by atoms with Gasteiger partial charge in [0.05, 0.1) is 18.3 Å². The molecule has 1 saturated heterocycles. The summed E-state index contributed by atoms with van der Waals surface area (Å²) in [5.41, 5.74) is 3.95. The number of aromatic amines is 1. The standard InChI is InChI=1S/C20H20BrN5O/c1-26-10-12(20(27)25-18-9-23-17(21)8-24-18)5-14-13-3-2-4-15-19(13)11(7-22-15)6-16(14)26/h2-4,7-9,12,14,16,22H,5-6,10H2,1H3,(H,24,25,27)/t12?,14-,16-/m1/s1. The van der Waals surface area contributed by atoms with Gasteiger partial charge in [0.1, 0.15) is 4.60 Å². The smallest absolute Gasteiger partial charge is 0.229 e. The van der Waals surface area contributed by atoms with Crippen LogP contribution in [-0.2, 0) is 11.2 Å². The van der Waals surface area contributed by atoms with Crippen molar-refractivity contribution in [2.75, 3.05) is 18.9 Å². The van der Waals surface area contributed by atoms with E-state index in [1.165, 1.54) is 22.0 Å². The number of benzene rings is 1. The number of anilines is 1. The summed E-state index contributed by atoms with van der Waals surface area (Å²) in [6, 6.07) is 6.91. The summed E-state index contributed by atoms with van der Waals surface area (Å²) in [6.45, 7) is 0.757. The molecule has 5 rings (SSSR count). The fraction of sp³-hybridized carbons (Fsp3) is 0.350. The molecule has 1 aliphatic heterocycles. The highest BCUT2D eigenvalue weighted by Crippen LogP contribution is 2.44. The van der Waals surface area contributed by atoms with Crippen LogP contribution in [0.5, 0.6) is 0 Å². The Morgan fingerprint density at radius 3 is 3.04 bits per heavy atom. The first-order chi connectivity index (χ1) is 13.1. The first-order valence-corrected chi connectivity index (χ1v) is 9.97. The predicted octanol–water partition coefficient (Wildman–Crippen LogP) is 3.32. The third-order valence-corrected chi connectivity index (χ3v) is 6.38. The van der Waals surface area contributed by atoms with E-state index in [0.717, 1.165) is 19.4 Å². The molecule has 2 N–H and O–H groups in total. The molecule has 2 aliphatic rings. The minimum absolute atomic E-state index is 0.0176. The summed E-state index contributed by atoms with van der Waals surface area (Å²) in [5.74, 6) is 0.801. The maximum Gasteiger partial charge on any atom is 0.229 e. The first-order valence-electron chi connectivity index (χ1n) is 9.17. The van der Waals surface area contributed by atoms with Crippen LogP contribution in [0.1, 0.15) is 23.5 Å². The van der Waals surface area contributed by atoms with Crippen LogP contribution in [0.3, 0.4) is 0 Å². The van der Waals surface area contributed by atoms with Gasteiger partial charge in [-0.15, -0.1) is 0 Å². The number of hydrogen-bond donors (Lipinski definition) is 2. The van der Waals surface area contributed by atoms with Gasteiger partial charge < -0.3 is 15.2 Å². The lowest BCUT2D eigenvalue weighted by Gasteiger charge is -2.45. The molecular formula is C20H20BrN5O. The van der Waals surface area contributed by atoms with Gasteiger partial charge in [-0.05, 0) is 53.0 Å². The van der Waals surface area contributed by atoms with Crippen LogP contribution in [0.4, 0.5) is 5.82 Å². The number of nitrogens with zero attached hydrogens (tertiary/aromatic N) is 3. The lowest BCUT2D eigenvalue weighted by atomic mass is 9.72. The summed E-state index contributed by atoms with van der Waals surface area (Å²) >= 11 is 3.26. The van der Waals surface area contributed by atoms with Gasteiger partial charge >= 0.3 is 0 Å². The van der Waals surface area contributed by atoms with Crippen LogP contribution in [-0.4, -0.2) is 45.4 Å². The lowest BCUT2D eigenvalue weighted by molar-refractivity contribution is -0.122. The van der Waals surface area contributed by atoms with Crippen molar-refractivity contribution < 1.29 is 4.79 Å². The van der Waals surface area contributed by atoms with E-state index in [1.54, 1.807) is 12.4 Å². The third-order valence-electron chi connectivity index (χ3n) is 5.97. The van der Waals surface area contributed by atoms with Gasteiger partial charge in [-0.25, -0.2) is 9.97 Å². The van der Waals surface area contributed by atoms with E-state index < -0.39 is 0 Å². The predicted molar refractivity (Wildman–Crippen MR) is 108 cm³/mol. The minimum Gasteiger partial charge on any atom is -0.361 e. The fourth-order valence-electron chi connectivity index (χ4n) is 4.74. The quantitative estimate of drug-likeness (QED) is 0.660. The second kappa shape index (κ2) is 6.42. The number of nitrogens with one attached hydrogen (secondary N) is 2. The summed E-state index contributed by atoms with van der Waals surface area (Å²) in [6.07, 6.45) is 7.20. The first kappa shape index (κ1) is 16.9. The molecule has 6 nitrogen and oxygen atoms in total. The lowest BCUT2D eigenvalue weighted by Crippen LogP contribution is -2.50.